The smallest absolute Gasteiger partial charge is 0.127 e. The van der Waals surface area contributed by atoms with Crippen molar-refractivity contribution in [3.63, 3.8) is 0 Å². The molecule has 0 aliphatic rings. The lowest BCUT2D eigenvalue weighted by atomic mass is 10.0. The largest absolute Gasteiger partial charge is 0.310 e. The molecule has 0 aliphatic heterocycles. The highest BCUT2D eigenvalue weighted by atomic mass is 79.9. The Balaban J connectivity index is 2.18. The first-order valence-corrected chi connectivity index (χ1v) is 7.55. The normalized spacial score (nSPS) is 12.6. The molecule has 108 valence electrons. The first kappa shape index (κ1) is 15.2. The summed E-state index contributed by atoms with van der Waals surface area (Å²) in [4.78, 5) is 0. The van der Waals surface area contributed by atoms with Gasteiger partial charge < -0.3 is 5.32 Å². The molecule has 5 heteroatoms. The minimum absolute atomic E-state index is 0.0827. The van der Waals surface area contributed by atoms with Crippen LogP contribution < -0.4 is 5.32 Å². The van der Waals surface area contributed by atoms with Gasteiger partial charge in [0, 0.05) is 29.3 Å². The average Bonchev–Trinajstić information content (AvgIpc) is 2.83. The first-order chi connectivity index (χ1) is 9.60. The van der Waals surface area contributed by atoms with Crippen LogP contribution in [0.15, 0.2) is 35.1 Å². The first-order valence-electron chi connectivity index (χ1n) is 6.76. The molecule has 1 aromatic carbocycles. The predicted molar refractivity (Wildman–Crippen MR) is 82.0 cm³/mol. The molecule has 2 rings (SSSR count). The SMILES string of the molecule is CCCNC(Cc1ccc(Br)cc1F)c1cnn(C)c1. The lowest BCUT2D eigenvalue weighted by molar-refractivity contribution is 0.512. The van der Waals surface area contributed by atoms with E-state index < -0.39 is 0 Å². The molecule has 0 amide bonds. The summed E-state index contributed by atoms with van der Waals surface area (Å²) in [6.45, 7) is 3.02. The van der Waals surface area contributed by atoms with Gasteiger partial charge >= 0.3 is 0 Å². The molecule has 2 aromatic rings. The zero-order valence-electron chi connectivity index (χ0n) is 11.7. The van der Waals surface area contributed by atoms with Crippen molar-refractivity contribution in [2.24, 2.45) is 7.05 Å². The summed E-state index contributed by atoms with van der Waals surface area (Å²) in [5.41, 5.74) is 1.80. The van der Waals surface area contributed by atoms with Crippen molar-refractivity contribution >= 4 is 15.9 Å². The van der Waals surface area contributed by atoms with Crippen molar-refractivity contribution in [3.05, 3.63) is 52.0 Å². The topological polar surface area (TPSA) is 29.9 Å². The minimum atomic E-state index is -0.174. The molecule has 0 aliphatic carbocycles. The number of nitrogens with one attached hydrogen (secondary N) is 1. The van der Waals surface area contributed by atoms with E-state index in [1.165, 1.54) is 6.07 Å². The summed E-state index contributed by atoms with van der Waals surface area (Å²) >= 11 is 3.28. The van der Waals surface area contributed by atoms with E-state index in [1.54, 1.807) is 4.68 Å². The maximum Gasteiger partial charge on any atom is 0.127 e. The van der Waals surface area contributed by atoms with Gasteiger partial charge in [0.05, 0.1) is 6.20 Å². The van der Waals surface area contributed by atoms with E-state index in [9.17, 15) is 4.39 Å². The maximum absolute atomic E-state index is 14.0. The van der Waals surface area contributed by atoms with Crippen LogP contribution in [-0.4, -0.2) is 16.3 Å². The van der Waals surface area contributed by atoms with Crippen LogP contribution in [0.25, 0.3) is 0 Å². The maximum atomic E-state index is 14.0. The Morgan fingerprint density at radius 1 is 1.45 bits per heavy atom. The standard InChI is InChI=1S/C15H19BrFN3/c1-3-6-18-15(12-9-19-20(2)10-12)7-11-4-5-13(16)8-14(11)17/h4-5,8-10,15,18H,3,6-7H2,1-2H3. The summed E-state index contributed by atoms with van der Waals surface area (Å²) < 4.78 is 16.5. The Morgan fingerprint density at radius 3 is 2.85 bits per heavy atom. The van der Waals surface area contributed by atoms with Crippen molar-refractivity contribution in [2.45, 2.75) is 25.8 Å². The summed E-state index contributed by atoms with van der Waals surface area (Å²) in [7, 11) is 1.89. The number of aryl methyl sites for hydroxylation is 1. The van der Waals surface area contributed by atoms with Crippen molar-refractivity contribution in [2.75, 3.05) is 6.54 Å². The Kier molecular flexibility index (Phi) is 5.31. The number of rotatable bonds is 6. The molecular weight excluding hydrogens is 321 g/mol. The lowest BCUT2D eigenvalue weighted by Crippen LogP contribution is -2.24. The van der Waals surface area contributed by atoms with Gasteiger partial charge in [-0.05, 0) is 37.1 Å². The van der Waals surface area contributed by atoms with Gasteiger partial charge in [-0.25, -0.2) is 4.39 Å². The van der Waals surface area contributed by atoms with E-state index in [0.29, 0.717) is 12.0 Å². The number of benzene rings is 1. The van der Waals surface area contributed by atoms with Crippen LogP contribution >= 0.6 is 15.9 Å². The minimum Gasteiger partial charge on any atom is -0.310 e. The number of halogens is 2. The Labute approximate surface area is 127 Å². The van der Waals surface area contributed by atoms with Gasteiger partial charge in [-0.15, -0.1) is 0 Å². The van der Waals surface area contributed by atoms with E-state index in [0.717, 1.165) is 23.0 Å². The highest BCUT2D eigenvalue weighted by Crippen LogP contribution is 2.22. The van der Waals surface area contributed by atoms with E-state index in [4.69, 9.17) is 0 Å². The average molecular weight is 340 g/mol. The fourth-order valence-electron chi connectivity index (χ4n) is 2.15. The molecule has 0 saturated heterocycles. The molecule has 0 radical (unpaired) electrons. The van der Waals surface area contributed by atoms with Gasteiger partial charge in [-0.3, -0.25) is 4.68 Å². The van der Waals surface area contributed by atoms with E-state index in [-0.39, 0.29) is 11.9 Å². The van der Waals surface area contributed by atoms with Gasteiger partial charge in [0.1, 0.15) is 5.82 Å². The zero-order valence-corrected chi connectivity index (χ0v) is 13.3. The third-order valence-electron chi connectivity index (χ3n) is 3.21. The molecule has 1 heterocycles. The molecule has 0 spiro atoms. The Bertz CT molecular complexity index is 568. The quantitative estimate of drug-likeness (QED) is 0.871. The number of aromatic nitrogens is 2. The number of nitrogens with zero attached hydrogens (tertiary/aromatic N) is 2. The van der Waals surface area contributed by atoms with Crippen molar-refractivity contribution in [1.82, 2.24) is 15.1 Å². The van der Waals surface area contributed by atoms with Gasteiger partial charge in [-0.2, -0.15) is 5.10 Å². The van der Waals surface area contributed by atoms with Crippen molar-refractivity contribution in [1.29, 1.82) is 0 Å². The Morgan fingerprint density at radius 2 is 2.25 bits per heavy atom. The van der Waals surface area contributed by atoms with E-state index >= 15 is 0 Å². The summed E-state index contributed by atoms with van der Waals surface area (Å²) in [6, 6.07) is 5.30. The van der Waals surface area contributed by atoms with E-state index in [1.807, 2.05) is 31.6 Å². The van der Waals surface area contributed by atoms with E-state index in [2.05, 4.69) is 33.3 Å². The monoisotopic (exact) mass is 339 g/mol. The third kappa shape index (κ3) is 3.90. The molecule has 1 N–H and O–H groups in total. The van der Waals surface area contributed by atoms with Crippen molar-refractivity contribution < 1.29 is 4.39 Å². The molecule has 0 saturated carbocycles. The number of hydrogen-bond acceptors (Lipinski definition) is 2. The van der Waals surface area contributed by atoms with Crippen LogP contribution in [0.4, 0.5) is 4.39 Å². The van der Waals surface area contributed by atoms with Gasteiger partial charge in [-0.1, -0.05) is 28.9 Å². The second kappa shape index (κ2) is 6.99. The van der Waals surface area contributed by atoms with Crippen LogP contribution in [0.3, 0.4) is 0 Å². The molecule has 1 aromatic heterocycles. The lowest BCUT2D eigenvalue weighted by Gasteiger charge is -2.17. The van der Waals surface area contributed by atoms with Crippen LogP contribution in [0, 0.1) is 5.82 Å². The van der Waals surface area contributed by atoms with Crippen molar-refractivity contribution in [3.8, 4) is 0 Å². The molecule has 20 heavy (non-hydrogen) atoms. The van der Waals surface area contributed by atoms with Crippen LogP contribution in [-0.2, 0) is 13.5 Å². The van der Waals surface area contributed by atoms with Gasteiger partial charge in [0.2, 0.25) is 0 Å². The Hall–Kier alpha value is -1.20. The van der Waals surface area contributed by atoms with Crippen LogP contribution in [0.5, 0.6) is 0 Å². The molecule has 1 unspecified atom stereocenters. The third-order valence-corrected chi connectivity index (χ3v) is 3.70. The predicted octanol–water partition coefficient (Wildman–Crippen LogP) is 3.61. The van der Waals surface area contributed by atoms with Crippen LogP contribution in [0.1, 0.15) is 30.5 Å². The summed E-state index contributed by atoms with van der Waals surface area (Å²) in [6.07, 6.45) is 5.47. The molecule has 3 nitrogen and oxygen atoms in total. The second-order valence-corrected chi connectivity index (χ2v) is 5.81. The highest BCUT2D eigenvalue weighted by Gasteiger charge is 2.15. The second-order valence-electron chi connectivity index (χ2n) is 4.89. The highest BCUT2D eigenvalue weighted by molar-refractivity contribution is 9.10. The fraction of sp³-hybridized carbons (Fsp3) is 0.400. The molecular formula is C15H19BrFN3. The fourth-order valence-corrected chi connectivity index (χ4v) is 2.49. The molecule has 0 bridgehead atoms. The summed E-state index contributed by atoms with van der Waals surface area (Å²) in [5, 5.41) is 7.66. The number of hydrogen-bond donors (Lipinski definition) is 1. The zero-order chi connectivity index (χ0) is 14.5. The molecule has 1 atom stereocenters. The van der Waals surface area contributed by atoms with Gasteiger partial charge in [0.25, 0.3) is 0 Å². The van der Waals surface area contributed by atoms with Gasteiger partial charge in [0.15, 0.2) is 0 Å². The van der Waals surface area contributed by atoms with Crippen LogP contribution in [0.2, 0.25) is 0 Å². The summed E-state index contributed by atoms with van der Waals surface area (Å²) in [5.74, 6) is -0.174. The molecule has 0 fully saturated rings.